The van der Waals surface area contributed by atoms with Crippen molar-refractivity contribution in [3.8, 4) is 0 Å². The second-order valence-corrected chi connectivity index (χ2v) is 24.7. The third kappa shape index (κ3) is 6.65. The van der Waals surface area contributed by atoms with E-state index in [1.165, 1.54) is 10.4 Å². The maximum absolute atomic E-state index is 11.8. The number of aliphatic hydroxyl groups excluding tert-OH is 1. The van der Waals surface area contributed by atoms with Crippen LogP contribution >= 0.6 is 0 Å². The molecule has 0 amide bonds. The first-order valence-electron chi connectivity index (χ1n) is 16.7. The highest BCUT2D eigenvalue weighted by molar-refractivity contribution is 6.99. The van der Waals surface area contributed by atoms with Gasteiger partial charge in [0.25, 0.3) is 8.32 Å². The molecule has 4 rings (SSSR count). The number of hydrogen-bond donors (Lipinski definition) is 1. The molecule has 0 aromatic heterocycles. The minimum atomic E-state index is -2.66. The number of aliphatic hydroxyl groups is 1. The Kier molecular flexibility index (Phi) is 10.9. The van der Waals surface area contributed by atoms with Crippen molar-refractivity contribution in [2.45, 2.75) is 147 Å². The molecule has 0 unspecified atom stereocenters. The van der Waals surface area contributed by atoms with Gasteiger partial charge in [0.05, 0.1) is 18.3 Å². The Morgan fingerprint density at radius 1 is 0.860 bits per heavy atom. The van der Waals surface area contributed by atoms with Gasteiger partial charge in [0.1, 0.15) is 6.10 Å². The van der Waals surface area contributed by atoms with Gasteiger partial charge in [-0.3, -0.25) is 0 Å². The lowest BCUT2D eigenvalue weighted by Gasteiger charge is -2.51. The summed E-state index contributed by atoms with van der Waals surface area (Å²) in [6, 6.07) is 21.6. The topological polar surface area (TPSA) is 57.2 Å². The van der Waals surface area contributed by atoms with Gasteiger partial charge in [0.2, 0.25) is 8.32 Å². The first kappa shape index (κ1) is 34.5. The van der Waals surface area contributed by atoms with Crippen LogP contribution in [0.2, 0.25) is 21.7 Å². The Morgan fingerprint density at radius 3 is 1.79 bits per heavy atom. The van der Waals surface area contributed by atoms with Crippen molar-refractivity contribution >= 4 is 27.0 Å². The lowest BCUT2D eigenvalue weighted by atomic mass is 9.92. The van der Waals surface area contributed by atoms with Crippen LogP contribution in [0.25, 0.3) is 0 Å². The standard InChI is InChI=1S/C36H58O5Si2/c1-26(2)42(27(3)4,28(5)6)41-33-25-30(40-36(34(33)37)23-21-29(7)39-36)22-24-38-43(35(8,9)10,31-17-13-11-14-18-31)32-19-15-12-16-20-32/h11-20,26-30,33-34,37H,21-25H2,1-10H3/t29-,30-,33-,34+,36+/m1/s1. The minimum Gasteiger partial charge on any atom is -0.410 e. The zero-order chi connectivity index (χ0) is 31.6. The molecule has 5 atom stereocenters. The van der Waals surface area contributed by atoms with E-state index in [-0.39, 0.29) is 23.4 Å². The number of rotatable bonds is 11. The maximum Gasteiger partial charge on any atom is 0.261 e. The van der Waals surface area contributed by atoms with E-state index in [1.807, 2.05) is 0 Å². The van der Waals surface area contributed by atoms with E-state index in [9.17, 15) is 5.11 Å². The van der Waals surface area contributed by atoms with Gasteiger partial charge >= 0.3 is 0 Å². The highest BCUT2D eigenvalue weighted by atomic mass is 28.4. The molecule has 1 N–H and O–H groups in total. The molecule has 2 aromatic rings. The average Bonchev–Trinajstić information content (AvgIpc) is 3.32. The van der Waals surface area contributed by atoms with E-state index in [0.29, 0.717) is 36.1 Å². The summed E-state index contributed by atoms with van der Waals surface area (Å²) in [7, 11) is -4.90. The summed E-state index contributed by atoms with van der Waals surface area (Å²) in [5, 5.41) is 14.3. The van der Waals surface area contributed by atoms with Crippen LogP contribution in [0.1, 0.15) is 94.9 Å². The van der Waals surface area contributed by atoms with Crippen molar-refractivity contribution in [3.63, 3.8) is 0 Å². The van der Waals surface area contributed by atoms with Crippen LogP contribution in [0.4, 0.5) is 0 Å². The molecule has 0 bridgehead atoms. The number of hydrogen-bond acceptors (Lipinski definition) is 5. The zero-order valence-corrected chi connectivity index (χ0v) is 30.4. The van der Waals surface area contributed by atoms with Crippen LogP contribution in [0, 0.1) is 0 Å². The fourth-order valence-corrected chi connectivity index (χ4v) is 18.4. The van der Waals surface area contributed by atoms with E-state index >= 15 is 0 Å². The monoisotopic (exact) mass is 626 g/mol. The third-order valence-corrected chi connectivity index (χ3v) is 21.4. The van der Waals surface area contributed by atoms with Gasteiger partial charge in [-0.2, -0.15) is 0 Å². The third-order valence-electron chi connectivity index (χ3n) is 10.2. The molecule has 2 aliphatic rings. The zero-order valence-electron chi connectivity index (χ0n) is 28.4. The fourth-order valence-electron chi connectivity index (χ4n) is 8.30. The molecule has 2 aromatic carbocycles. The van der Waals surface area contributed by atoms with Crippen molar-refractivity contribution in [2.24, 2.45) is 0 Å². The Hall–Kier alpha value is -1.33. The van der Waals surface area contributed by atoms with E-state index in [4.69, 9.17) is 18.3 Å². The summed E-state index contributed by atoms with van der Waals surface area (Å²) in [5.41, 5.74) is 1.29. The van der Waals surface area contributed by atoms with Gasteiger partial charge in [0.15, 0.2) is 5.79 Å². The molecule has 2 fully saturated rings. The molecule has 7 heteroatoms. The summed E-state index contributed by atoms with van der Waals surface area (Å²) in [6.07, 6.45) is 1.70. The summed E-state index contributed by atoms with van der Waals surface area (Å²) in [5.74, 6) is -1.02. The average molecular weight is 627 g/mol. The van der Waals surface area contributed by atoms with E-state index in [0.717, 1.165) is 12.8 Å². The first-order valence-corrected chi connectivity index (χ1v) is 20.7. The Morgan fingerprint density at radius 2 is 1.37 bits per heavy atom. The summed E-state index contributed by atoms with van der Waals surface area (Å²) in [4.78, 5) is 0. The van der Waals surface area contributed by atoms with Gasteiger partial charge in [-0.15, -0.1) is 0 Å². The summed E-state index contributed by atoms with van der Waals surface area (Å²) < 4.78 is 27.7. The number of ether oxygens (including phenoxy) is 2. The Labute approximate surface area is 263 Å². The second-order valence-electron chi connectivity index (χ2n) is 15.0. The predicted octanol–water partition coefficient (Wildman–Crippen LogP) is 7.56. The van der Waals surface area contributed by atoms with Crippen molar-refractivity contribution in [2.75, 3.05) is 6.61 Å². The van der Waals surface area contributed by atoms with E-state index < -0.39 is 28.5 Å². The molecule has 0 radical (unpaired) electrons. The van der Waals surface area contributed by atoms with Crippen LogP contribution in [-0.4, -0.2) is 58.6 Å². The SMILES string of the molecule is CC(C)[Si](O[C@@H]1C[C@@H](CCO[Si](c2ccccc2)(c2ccccc2)C(C)(C)C)O[C@@]2(CC[C@@H](C)O2)[C@H]1O)(C(C)C)C(C)C. The predicted molar refractivity (Wildman–Crippen MR) is 182 cm³/mol. The highest BCUT2D eigenvalue weighted by Crippen LogP contribution is 2.48. The van der Waals surface area contributed by atoms with Gasteiger partial charge in [-0.1, -0.05) is 123 Å². The molecule has 2 aliphatic heterocycles. The molecule has 43 heavy (non-hydrogen) atoms. The summed E-state index contributed by atoms with van der Waals surface area (Å²) >= 11 is 0. The lowest BCUT2D eigenvalue weighted by molar-refractivity contribution is -0.330. The molecule has 2 saturated heterocycles. The van der Waals surface area contributed by atoms with Gasteiger partial charge in [-0.25, -0.2) is 0 Å². The van der Waals surface area contributed by atoms with Crippen molar-refractivity contribution in [1.82, 2.24) is 0 Å². The Bertz CT molecular complexity index is 1090. The van der Waals surface area contributed by atoms with E-state index in [1.54, 1.807) is 0 Å². The van der Waals surface area contributed by atoms with Crippen molar-refractivity contribution in [1.29, 1.82) is 0 Å². The van der Waals surface area contributed by atoms with Crippen LogP contribution in [0.15, 0.2) is 60.7 Å². The van der Waals surface area contributed by atoms with Crippen molar-refractivity contribution in [3.05, 3.63) is 60.7 Å². The molecular formula is C36H58O5Si2. The van der Waals surface area contributed by atoms with Gasteiger partial charge in [0, 0.05) is 19.4 Å². The molecule has 1 spiro atoms. The van der Waals surface area contributed by atoms with Crippen LogP contribution < -0.4 is 10.4 Å². The summed E-state index contributed by atoms with van der Waals surface area (Å²) in [6.45, 7) is 23.4. The fraction of sp³-hybridized carbons (Fsp3) is 0.667. The smallest absolute Gasteiger partial charge is 0.261 e. The van der Waals surface area contributed by atoms with Crippen LogP contribution in [0.3, 0.4) is 0 Å². The van der Waals surface area contributed by atoms with Gasteiger partial charge in [-0.05, 0) is 51.8 Å². The molecule has 0 aliphatic carbocycles. The highest BCUT2D eigenvalue weighted by Gasteiger charge is 2.57. The van der Waals surface area contributed by atoms with E-state index in [2.05, 4.69) is 130 Å². The molecule has 0 saturated carbocycles. The normalized spacial score (nSPS) is 27.1. The largest absolute Gasteiger partial charge is 0.410 e. The second kappa shape index (κ2) is 13.6. The maximum atomic E-state index is 11.8. The van der Waals surface area contributed by atoms with Gasteiger partial charge < -0.3 is 23.4 Å². The van der Waals surface area contributed by atoms with Crippen LogP contribution in [0.5, 0.6) is 0 Å². The van der Waals surface area contributed by atoms with Crippen molar-refractivity contribution < 1.29 is 23.4 Å². The number of benzene rings is 2. The molecule has 240 valence electrons. The quantitative estimate of drug-likeness (QED) is 0.261. The lowest BCUT2D eigenvalue weighted by Crippen LogP contribution is -2.67. The molecular weight excluding hydrogens is 569 g/mol. The molecule has 2 heterocycles. The Balaban J connectivity index is 1.64. The molecule has 5 nitrogen and oxygen atoms in total. The first-order chi connectivity index (χ1) is 20.2. The minimum absolute atomic E-state index is 0.0460. The van der Waals surface area contributed by atoms with Crippen LogP contribution in [-0.2, 0) is 18.3 Å².